The number of nitrogens with zero attached hydrogens (tertiary/aromatic N) is 2. The van der Waals surface area contributed by atoms with Crippen molar-refractivity contribution in [2.24, 2.45) is 5.41 Å². The molecule has 110 valence electrons. The number of hydrogen-bond donors (Lipinski definition) is 1. The van der Waals surface area contributed by atoms with E-state index in [4.69, 9.17) is 4.74 Å². The Bertz CT molecular complexity index is 326. The normalized spacial score (nSPS) is 16.8. The smallest absolute Gasteiger partial charge is 0.409 e. The maximum atomic E-state index is 12.0. The van der Waals surface area contributed by atoms with Gasteiger partial charge in [0.15, 0.2) is 0 Å². The lowest BCUT2D eigenvalue weighted by molar-refractivity contribution is 0.125. The number of urea groups is 1. The predicted molar refractivity (Wildman–Crippen MR) is 73.0 cm³/mol. The number of rotatable bonds is 1. The molecule has 1 heterocycles. The van der Waals surface area contributed by atoms with Crippen molar-refractivity contribution in [2.45, 2.75) is 27.2 Å². The molecular formula is C13H25N3O3. The summed E-state index contributed by atoms with van der Waals surface area (Å²) in [6.45, 7) is 9.25. The number of nitrogens with one attached hydrogen (secondary N) is 1. The Balaban J connectivity index is 2.44. The molecule has 0 aliphatic carbocycles. The van der Waals surface area contributed by atoms with E-state index < -0.39 is 0 Å². The molecule has 0 atom stereocenters. The summed E-state index contributed by atoms with van der Waals surface area (Å²) in [6.07, 6.45) is 0.454. The van der Waals surface area contributed by atoms with Gasteiger partial charge in [-0.1, -0.05) is 20.8 Å². The number of carbonyl (C=O) groups is 2. The second-order valence-corrected chi connectivity index (χ2v) is 6.02. The molecule has 0 bridgehead atoms. The average molecular weight is 271 g/mol. The van der Waals surface area contributed by atoms with Crippen molar-refractivity contribution in [2.75, 3.05) is 39.8 Å². The average Bonchev–Trinajstić information content (AvgIpc) is 2.59. The zero-order valence-corrected chi connectivity index (χ0v) is 12.4. The van der Waals surface area contributed by atoms with Gasteiger partial charge >= 0.3 is 12.1 Å². The molecular weight excluding hydrogens is 246 g/mol. The highest BCUT2D eigenvalue weighted by Gasteiger charge is 2.23. The standard InChI is InChI=1S/C13H25N3O3/c1-13(2,3)10-14-11(17)15-6-5-7-16(9-8-15)12(18)19-4/h5-10H2,1-4H3,(H,14,17). The van der Waals surface area contributed by atoms with Crippen LogP contribution in [0.1, 0.15) is 27.2 Å². The lowest BCUT2D eigenvalue weighted by Gasteiger charge is -2.25. The van der Waals surface area contributed by atoms with E-state index >= 15 is 0 Å². The third-order valence-corrected chi connectivity index (χ3v) is 2.99. The van der Waals surface area contributed by atoms with Crippen LogP contribution in [0.25, 0.3) is 0 Å². The first-order chi connectivity index (χ1) is 8.83. The maximum absolute atomic E-state index is 12.0. The minimum absolute atomic E-state index is 0.0540. The maximum Gasteiger partial charge on any atom is 0.409 e. The minimum atomic E-state index is -0.322. The summed E-state index contributed by atoms with van der Waals surface area (Å²) in [5.74, 6) is 0. The molecule has 0 radical (unpaired) electrons. The van der Waals surface area contributed by atoms with E-state index in [1.54, 1.807) is 9.80 Å². The highest BCUT2D eigenvalue weighted by molar-refractivity contribution is 5.74. The molecule has 1 rings (SSSR count). The molecule has 6 heteroatoms. The predicted octanol–water partition coefficient (Wildman–Crippen LogP) is 1.52. The molecule has 0 unspecified atom stereocenters. The van der Waals surface area contributed by atoms with E-state index in [1.807, 2.05) is 0 Å². The molecule has 1 saturated heterocycles. The van der Waals surface area contributed by atoms with Crippen molar-refractivity contribution < 1.29 is 14.3 Å². The van der Waals surface area contributed by atoms with Gasteiger partial charge in [-0.05, 0) is 11.8 Å². The van der Waals surface area contributed by atoms with Crippen molar-refractivity contribution in [1.82, 2.24) is 15.1 Å². The number of carbonyl (C=O) groups excluding carboxylic acids is 2. The van der Waals surface area contributed by atoms with E-state index in [-0.39, 0.29) is 17.5 Å². The van der Waals surface area contributed by atoms with Crippen LogP contribution in [0.5, 0.6) is 0 Å². The van der Waals surface area contributed by atoms with Gasteiger partial charge in [-0.15, -0.1) is 0 Å². The zero-order chi connectivity index (χ0) is 14.5. The van der Waals surface area contributed by atoms with E-state index in [2.05, 4.69) is 26.1 Å². The molecule has 0 aromatic carbocycles. The van der Waals surface area contributed by atoms with Gasteiger partial charge in [0.05, 0.1) is 7.11 Å². The van der Waals surface area contributed by atoms with Crippen LogP contribution in [0, 0.1) is 5.41 Å². The van der Waals surface area contributed by atoms with Crippen LogP contribution in [-0.2, 0) is 4.74 Å². The summed E-state index contributed by atoms with van der Waals surface area (Å²) in [4.78, 5) is 26.9. The molecule has 19 heavy (non-hydrogen) atoms. The Kier molecular flexibility index (Phi) is 5.44. The molecule has 1 N–H and O–H groups in total. The molecule has 0 spiro atoms. The Hall–Kier alpha value is -1.46. The van der Waals surface area contributed by atoms with Crippen molar-refractivity contribution in [3.8, 4) is 0 Å². The second-order valence-electron chi connectivity index (χ2n) is 6.02. The lowest BCUT2D eigenvalue weighted by atomic mass is 9.97. The summed E-state index contributed by atoms with van der Waals surface area (Å²) in [5.41, 5.74) is 0.0690. The van der Waals surface area contributed by atoms with Crippen molar-refractivity contribution in [3.05, 3.63) is 0 Å². The highest BCUT2D eigenvalue weighted by atomic mass is 16.5. The topological polar surface area (TPSA) is 61.9 Å². The van der Waals surface area contributed by atoms with Gasteiger partial charge in [0.2, 0.25) is 0 Å². The molecule has 0 aromatic rings. The van der Waals surface area contributed by atoms with Gasteiger partial charge < -0.3 is 19.9 Å². The number of methoxy groups -OCH3 is 1. The number of amides is 3. The van der Waals surface area contributed by atoms with Crippen molar-refractivity contribution >= 4 is 12.1 Å². The first-order valence-electron chi connectivity index (χ1n) is 6.69. The fourth-order valence-corrected chi connectivity index (χ4v) is 1.88. The van der Waals surface area contributed by atoms with Gasteiger partial charge in [-0.3, -0.25) is 0 Å². The first-order valence-corrected chi connectivity index (χ1v) is 6.69. The SMILES string of the molecule is COC(=O)N1CCCN(C(=O)NCC(C)(C)C)CC1. The number of ether oxygens (including phenoxy) is 1. The Morgan fingerprint density at radius 3 is 2.26 bits per heavy atom. The van der Waals surface area contributed by atoms with Crippen LogP contribution in [0.2, 0.25) is 0 Å². The monoisotopic (exact) mass is 271 g/mol. The minimum Gasteiger partial charge on any atom is -0.453 e. The van der Waals surface area contributed by atoms with Crippen LogP contribution in [0.4, 0.5) is 9.59 Å². The Morgan fingerprint density at radius 1 is 1.11 bits per heavy atom. The summed E-state index contributed by atoms with van der Waals surface area (Å²) in [5, 5.41) is 2.93. The molecule has 6 nitrogen and oxygen atoms in total. The third-order valence-electron chi connectivity index (χ3n) is 2.99. The Labute approximate surface area is 115 Å². The molecule has 1 aliphatic heterocycles. The molecule has 1 aliphatic rings. The first kappa shape index (κ1) is 15.6. The van der Waals surface area contributed by atoms with Gasteiger partial charge in [0.1, 0.15) is 0 Å². The van der Waals surface area contributed by atoms with Crippen LogP contribution in [0.15, 0.2) is 0 Å². The molecule has 0 saturated carbocycles. The van der Waals surface area contributed by atoms with Crippen molar-refractivity contribution in [1.29, 1.82) is 0 Å². The third kappa shape index (κ3) is 5.36. The van der Waals surface area contributed by atoms with E-state index in [0.29, 0.717) is 32.7 Å². The summed E-state index contributed by atoms with van der Waals surface area (Å²) < 4.78 is 4.70. The van der Waals surface area contributed by atoms with Crippen LogP contribution < -0.4 is 5.32 Å². The second kappa shape index (κ2) is 6.63. The fraction of sp³-hybridized carbons (Fsp3) is 0.846. The summed E-state index contributed by atoms with van der Waals surface area (Å²) in [6, 6.07) is -0.0540. The summed E-state index contributed by atoms with van der Waals surface area (Å²) >= 11 is 0. The quantitative estimate of drug-likeness (QED) is 0.786. The van der Waals surface area contributed by atoms with E-state index in [9.17, 15) is 9.59 Å². The van der Waals surface area contributed by atoms with Crippen molar-refractivity contribution in [3.63, 3.8) is 0 Å². The lowest BCUT2D eigenvalue weighted by Crippen LogP contribution is -2.44. The number of hydrogen-bond acceptors (Lipinski definition) is 3. The van der Waals surface area contributed by atoms with Crippen LogP contribution >= 0.6 is 0 Å². The van der Waals surface area contributed by atoms with E-state index in [0.717, 1.165) is 6.42 Å². The van der Waals surface area contributed by atoms with Gasteiger partial charge in [-0.2, -0.15) is 0 Å². The van der Waals surface area contributed by atoms with Gasteiger partial charge in [0, 0.05) is 32.7 Å². The van der Waals surface area contributed by atoms with Crippen LogP contribution in [0.3, 0.4) is 0 Å². The van der Waals surface area contributed by atoms with Gasteiger partial charge in [-0.25, -0.2) is 9.59 Å². The van der Waals surface area contributed by atoms with E-state index in [1.165, 1.54) is 7.11 Å². The molecule has 3 amide bonds. The van der Waals surface area contributed by atoms with Crippen LogP contribution in [-0.4, -0.2) is 61.8 Å². The summed E-state index contributed by atoms with van der Waals surface area (Å²) in [7, 11) is 1.38. The molecule has 0 aromatic heterocycles. The zero-order valence-electron chi connectivity index (χ0n) is 12.4. The van der Waals surface area contributed by atoms with Gasteiger partial charge in [0.25, 0.3) is 0 Å². The Morgan fingerprint density at radius 2 is 1.68 bits per heavy atom. The molecule has 1 fully saturated rings. The highest BCUT2D eigenvalue weighted by Crippen LogP contribution is 2.11. The fourth-order valence-electron chi connectivity index (χ4n) is 1.88. The largest absolute Gasteiger partial charge is 0.453 e.